The quantitative estimate of drug-likeness (QED) is 0.425. The largest absolute Gasteiger partial charge is 0.497 e. The molecule has 1 aromatic heterocycles. The summed E-state index contributed by atoms with van der Waals surface area (Å²) in [6.07, 6.45) is 2.55. The van der Waals surface area contributed by atoms with Crippen LogP contribution in [0.4, 0.5) is 5.82 Å². The predicted octanol–water partition coefficient (Wildman–Crippen LogP) is 5.21. The lowest BCUT2D eigenvalue weighted by Gasteiger charge is -2.31. The van der Waals surface area contributed by atoms with Crippen LogP contribution >= 0.6 is 0 Å². The minimum absolute atomic E-state index is 0.139. The molecule has 1 N–H and O–H groups in total. The van der Waals surface area contributed by atoms with Gasteiger partial charge in [0, 0.05) is 24.8 Å². The minimum atomic E-state index is -0.184. The Kier molecular flexibility index (Phi) is 6.44. The van der Waals surface area contributed by atoms with E-state index < -0.39 is 0 Å². The highest BCUT2D eigenvalue weighted by Gasteiger charge is 2.25. The van der Waals surface area contributed by atoms with Gasteiger partial charge in [-0.15, -0.1) is 0 Å². The zero-order chi connectivity index (χ0) is 24.2. The van der Waals surface area contributed by atoms with Crippen LogP contribution in [0.25, 0.3) is 11.4 Å². The number of fused-ring (bicyclic) bond motifs is 1. The van der Waals surface area contributed by atoms with E-state index in [2.05, 4.69) is 39.5 Å². The van der Waals surface area contributed by atoms with Gasteiger partial charge in [0.2, 0.25) is 0 Å². The van der Waals surface area contributed by atoms with E-state index in [-0.39, 0.29) is 11.9 Å². The number of hydrogen-bond acceptors (Lipinski definition) is 5. The third-order valence-electron chi connectivity index (χ3n) is 6.44. The van der Waals surface area contributed by atoms with Crippen molar-refractivity contribution in [3.63, 3.8) is 0 Å². The lowest BCUT2D eigenvalue weighted by Crippen LogP contribution is -2.34. The van der Waals surface area contributed by atoms with E-state index in [1.165, 1.54) is 11.1 Å². The summed E-state index contributed by atoms with van der Waals surface area (Å²) in [6.45, 7) is 3.46. The average Bonchev–Trinajstić information content (AvgIpc) is 2.93. The fraction of sp³-hybridized carbons (Fsp3) is 0.207. The second kappa shape index (κ2) is 9.97. The molecule has 2 heterocycles. The summed E-state index contributed by atoms with van der Waals surface area (Å²) in [6, 6.07) is 25.9. The van der Waals surface area contributed by atoms with Crippen LogP contribution in [0.15, 0.2) is 85.1 Å². The number of amides is 1. The maximum atomic E-state index is 13.4. The van der Waals surface area contributed by atoms with Crippen LogP contribution in [-0.2, 0) is 13.0 Å². The number of methoxy groups -OCH3 is 1. The molecule has 5 rings (SSSR count). The van der Waals surface area contributed by atoms with Crippen molar-refractivity contribution in [3.05, 3.63) is 107 Å². The first-order valence-electron chi connectivity index (χ1n) is 11.8. The lowest BCUT2D eigenvalue weighted by atomic mass is 9.99. The molecule has 0 unspecified atom stereocenters. The van der Waals surface area contributed by atoms with Crippen molar-refractivity contribution < 1.29 is 9.53 Å². The molecule has 0 radical (unpaired) electrons. The Bertz CT molecular complexity index is 1320. The summed E-state index contributed by atoms with van der Waals surface area (Å²) in [5.74, 6) is 1.82. The first-order valence-corrected chi connectivity index (χ1v) is 11.8. The van der Waals surface area contributed by atoms with Crippen LogP contribution in [0.1, 0.15) is 40.0 Å². The number of anilines is 1. The molecule has 1 atom stereocenters. The lowest BCUT2D eigenvalue weighted by molar-refractivity contribution is 0.0939. The zero-order valence-electron chi connectivity index (χ0n) is 19.9. The van der Waals surface area contributed by atoms with Crippen molar-refractivity contribution in [1.82, 2.24) is 15.3 Å². The van der Waals surface area contributed by atoms with Gasteiger partial charge in [0.1, 0.15) is 17.1 Å². The van der Waals surface area contributed by atoms with E-state index in [0.717, 1.165) is 29.8 Å². The molecule has 6 heteroatoms. The summed E-state index contributed by atoms with van der Waals surface area (Å²) in [5, 5.41) is 3.12. The molecular formula is C29H28N4O2. The fourth-order valence-electron chi connectivity index (χ4n) is 4.43. The Morgan fingerprint density at radius 3 is 2.43 bits per heavy atom. The van der Waals surface area contributed by atoms with Gasteiger partial charge in [0.05, 0.1) is 13.2 Å². The maximum absolute atomic E-state index is 13.4. The predicted molar refractivity (Wildman–Crippen MR) is 138 cm³/mol. The standard InChI is InChI=1S/C29H28N4O2/c1-20(21-8-4-3-5-9-21)31-29(34)26-18-30-27(23-12-14-25(35-2)15-13-23)32-28(26)33-17-16-22-10-6-7-11-24(22)19-33/h3-15,18,20H,16-17,19H2,1-2H3,(H,31,34)/t20-/m1/s1. The van der Waals surface area contributed by atoms with Crippen LogP contribution in [0.3, 0.4) is 0 Å². The van der Waals surface area contributed by atoms with Gasteiger partial charge in [0.15, 0.2) is 5.82 Å². The molecule has 1 amide bonds. The number of benzene rings is 3. The van der Waals surface area contributed by atoms with Gasteiger partial charge < -0.3 is 15.0 Å². The molecule has 6 nitrogen and oxygen atoms in total. The highest BCUT2D eigenvalue weighted by atomic mass is 16.5. The normalized spacial score (nSPS) is 13.6. The van der Waals surface area contributed by atoms with Crippen LogP contribution in [0.5, 0.6) is 5.75 Å². The third-order valence-corrected chi connectivity index (χ3v) is 6.44. The summed E-state index contributed by atoms with van der Waals surface area (Å²) in [4.78, 5) is 25.1. The maximum Gasteiger partial charge on any atom is 0.257 e. The van der Waals surface area contributed by atoms with Crippen molar-refractivity contribution in [2.45, 2.75) is 25.9 Å². The molecule has 0 saturated carbocycles. The third kappa shape index (κ3) is 4.87. The summed E-state index contributed by atoms with van der Waals surface area (Å²) >= 11 is 0. The molecule has 35 heavy (non-hydrogen) atoms. The Hall–Kier alpha value is -4.19. The van der Waals surface area contributed by atoms with E-state index in [0.29, 0.717) is 23.8 Å². The summed E-state index contributed by atoms with van der Waals surface area (Å²) in [5.41, 5.74) is 4.99. The van der Waals surface area contributed by atoms with Crippen LogP contribution in [0.2, 0.25) is 0 Å². The average molecular weight is 465 g/mol. The van der Waals surface area contributed by atoms with E-state index >= 15 is 0 Å². The van der Waals surface area contributed by atoms with Gasteiger partial charge in [0.25, 0.3) is 5.91 Å². The van der Waals surface area contributed by atoms with Crippen molar-refractivity contribution in [1.29, 1.82) is 0 Å². The van der Waals surface area contributed by atoms with Crippen molar-refractivity contribution in [2.75, 3.05) is 18.6 Å². The number of aromatic nitrogens is 2. The Morgan fingerprint density at radius 2 is 1.69 bits per heavy atom. The van der Waals surface area contributed by atoms with Gasteiger partial charge in [-0.05, 0) is 54.3 Å². The number of carbonyl (C=O) groups is 1. The van der Waals surface area contributed by atoms with E-state index in [4.69, 9.17) is 9.72 Å². The zero-order valence-corrected chi connectivity index (χ0v) is 19.9. The Balaban J connectivity index is 1.49. The molecule has 0 bridgehead atoms. The van der Waals surface area contributed by atoms with E-state index in [1.54, 1.807) is 13.3 Å². The van der Waals surface area contributed by atoms with Crippen molar-refractivity contribution >= 4 is 11.7 Å². The molecule has 0 fully saturated rings. The number of carbonyl (C=O) groups excluding carboxylic acids is 1. The first-order chi connectivity index (χ1) is 17.1. The SMILES string of the molecule is COc1ccc(-c2ncc(C(=O)N[C@H](C)c3ccccc3)c(N3CCc4ccccc4C3)n2)cc1. The molecule has 3 aromatic carbocycles. The fourth-order valence-corrected chi connectivity index (χ4v) is 4.43. The molecule has 1 aliphatic heterocycles. The minimum Gasteiger partial charge on any atom is -0.497 e. The second-order valence-electron chi connectivity index (χ2n) is 8.71. The highest BCUT2D eigenvalue weighted by Crippen LogP contribution is 2.29. The second-order valence-corrected chi connectivity index (χ2v) is 8.71. The van der Waals surface area contributed by atoms with E-state index in [9.17, 15) is 4.79 Å². The molecule has 4 aromatic rings. The van der Waals surface area contributed by atoms with Gasteiger partial charge >= 0.3 is 0 Å². The molecule has 0 spiro atoms. The van der Waals surface area contributed by atoms with Gasteiger partial charge in [-0.3, -0.25) is 4.79 Å². The molecule has 0 aliphatic carbocycles. The summed E-state index contributed by atoms with van der Waals surface area (Å²) in [7, 11) is 1.64. The van der Waals surface area contributed by atoms with Gasteiger partial charge in [-0.1, -0.05) is 54.6 Å². The van der Waals surface area contributed by atoms with Gasteiger partial charge in [-0.2, -0.15) is 0 Å². The van der Waals surface area contributed by atoms with Crippen molar-refractivity contribution in [3.8, 4) is 17.1 Å². The van der Waals surface area contributed by atoms with Crippen LogP contribution < -0.4 is 15.0 Å². The van der Waals surface area contributed by atoms with Crippen molar-refractivity contribution in [2.24, 2.45) is 0 Å². The van der Waals surface area contributed by atoms with E-state index in [1.807, 2.05) is 61.5 Å². The van der Waals surface area contributed by atoms with Crippen LogP contribution in [-0.4, -0.2) is 29.5 Å². The number of nitrogens with zero attached hydrogens (tertiary/aromatic N) is 3. The molecule has 0 saturated heterocycles. The molecular weight excluding hydrogens is 436 g/mol. The molecule has 1 aliphatic rings. The topological polar surface area (TPSA) is 67.3 Å². The van der Waals surface area contributed by atoms with Crippen LogP contribution in [0, 0.1) is 0 Å². The highest BCUT2D eigenvalue weighted by molar-refractivity contribution is 5.99. The summed E-state index contributed by atoms with van der Waals surface area (Å²) < 4.78 is 5.28. The first kappa shape index (κ1) is 22.6. The monoisotopic (exact) mass is 464 g/mol. The number of rotatable bonds is 6. The number of nitrogens with one attached hydrogen (secondary N) is 1. The van der Waals surface area contributed by atoms with Gasteiger partial charge in [-0.25, -0.2) is 9.97 Å². The number of hydrogen-bond donors (Lipinski definition) is 1. The number of ether oxygens (including phenoxy) is 1. The molecule has 176 valence electrons. The smallest absolute Gasteiger partial charge is 0.257 e. The Morgan fingerprint density at radius 1 is 0.971 bits per heavy atom. The Labute approximate surface area is 205 Å².